The van der Waals surface area contributed by atoms with Gasteiger partial charge in [0.15, 0.2) is 0 Å². The Kier molecular flexibility index (Phi) is 4.17. The van der Waals surface area contributed by atoms with E-state index >= 15 is 0 Å². The van der Waals surface area contributed by atoms with Crippen LogP contribution in [0.3, 0.4) is 0 Å². The van der Waals surface area contributed by atoms with Crippen LogP contribution in [0.1, 0.15) is 53.9 Å². The Morgan fingerprint density at radius 1 is 1.35 bits per heavy atom. The topological polar surface area (TPSA) is 49.4 Å². The van der Waals surface area contributed by atoms with Gasteiger partial charge in [-0.05, 0) is 33.6 Å². The minimum atomic E-state index is -0.699. The van der Waals surface area contributed by atoms with Crippen molar-refractivity contribution in [2.24, 2.45) is 0 Å². The van der Waals surface area contributed by atoms with Crippen molar-refractivity contribution in [3.63, 3.8) is 0 Å². The highest BCUT2D eigenvalue weighted by atomic mass is 16.2. The van der Waals surface area contributed by atoms with Gasteiger partial charge in [0.1, 0.15) is 11.6 Å². The molecule has 0 aromatic heterocycles. The van der Waals surface area contributed by atoms with Crippen LogP contribution in [0.25, 0.3) is 0 Å². The Morgan fingerprint density at radius 2 is 1.94 bits per heavy atom. The van der Waals surface area contributed by atoms with Crippen LogP contribution >= 0.6 is 0 Å². The molecule has 17 heavy (non-hydrogen) atoms. The minimum absolute atomic E-state index is 0.0215. The predicted molar refractivity (Wildman–Crippen MR) is 67.5 cm³/mol. The molecule has 0 radical (unpaired) electrons. The summed E-state index contributed by atoms with van der Waals surface area (Å²) in [5.74, 6) is 0.0394. The highest BCUT2D eigenvalue weighted by Gasteiger charge is 2.48. The van der Waals surface area contributed by atoms with Crippen molar-refractivity contribution in [2.45, 2.75) is 71.5 Å². The largest absolute Gasteiger partial charge is 0.342 e. The lowest BCUT2D eigenvalue weighted by molar-refractivity contribution is -0.159. The Labute approximate surface area is 104 Å². The summed E-state index contributed by atoms with van der Waals surface area (Å²) in [7, 11) is 0. The molecule has 4 heteroatoms. The van der Waals surface area contributed by atoms with E-state index in [1.807, 2.05) is 34.6 Å². The maximum Gasteiger partial charge on any atom is 0.246 e. The van der Waals surface area contributed by atoms with E-state index in [0.29, 0.717) is 12.8 Å². The maximum absolute atomic E-state index is 12.4. The molecule has 2 amide bonds. The second-order valence-corrected chi connectivity index (χ2v) is 5.24. The summed E-state index contributed by atoms with van der Waals surface area (Å²) in [6.45, 7) is 9.75. The number of hydrogen-bond acceptors (Lipinski definition) is 2. The SMILES string of the molecule is CCCC1NC(=O)C(C)(CC)N(C(C)C)C1=O. The first-order valence-corrected chi connectivity index (χ1v) is 6.52. The van der Waals surface area contributed by atoms with Gasteiger partial charge < -0.3 is 10.2 Å². The van der Waals surface area contributed by atoms with E-state index < -0.39 is 5.54 Å². The number of carbonyl (C=O) groups is 2. The fourth-order valence-corrected chi connectivity index (χ4v) is 2.54. The average Bonchev–Trinajstić information content (AvgIpc) is 2.26. The Bertz CT molecular complexity index is 315. The van der Waals surface area contributed by atoms with Crippen molar-refractivity contribution in [1.82, 2.24) is 10.2 Å². The summed E-state index contributed by atoms with van der Waals surface area (Å²) in [4.78, 5) is 26.3. The molecule has 0 aliphatic carbocycles. The Balaban J connectivity index is 3.06. The van der Waals surface area contributed by atoms with Gasteiger partial charge >= 0.3 is 0 Å². The van der Waals surface area contributed by atoms with Gasteiger partial charge in [-0.2, -0.15) is 0 Å². The lowest BCUT2D eigenvalue weighted by Gasteiger charge is -2.48. The molecular formula is C13H24N2O2. The molecular weight excluding hydrogens is 216 g/mol. The van der Waals surface area contributed by atoms with E-state index in [0.717, 1.165) is 6.42 Å². The molecule has 1 fully saturated rings. The smallest absolute Gasteiger partial charge is 0.246 e. The quantitative estimate of drug-likeness (QED) is 0.813. The molecule has 1 aliphatic rings. The molecule has 1 heterocycles. The molecule has 0 aromatic rings. The molecule has 1 rings (SSSR count). The van der Waals surface area contributed by atoms with Crippen LogP contribution in [0, 0.1) is 0 Å². The zero-order chi connectivity index (χ0) is 13.2. The van der Waals surface area contributed by atoms with Crippen LogP contribution in [0.15, 0.2) is 0 Å². The number of nitrogens with zero attached hydrogens (tertiary/aromatic N) is 1. The van der Waals surface area contributed by atoms with Crippen LogP contribution < -0.4 is 5.32 Å². The zero-order valence-corrected chi connectivity index (χ0v) is 11.5. The molecule has 2 unspecified atom stereocenters. The standard InChI is InChI=1S/C13H24N2O2/c1-6-8-10-11(16)15(9(3)4)13(5,7-2)12(17)14-10/h9-10H,6-8H2,1-5H3,(H,14,17). The van der Waals surface area contributed by atoms with E-state index in [4.69, 9.17) is 0 Å². The second-order valence-electron chi connectivity index (χ2n) is 5.24. The van der Waals surface area contributed by atoms with Crippen molar-refractivity contribution < 1.29 is 9.59 Å². The van der Waals surface area contributed by atoms with E-state index in [9.17, 15) is 9.59 Å². The van der Waals surface area contributed by atoms with Gasteiger partial charge in [0.25, 0.3) is 0 Å². The molecule has 0 bridgehead atoms. The molecule has 2 atom stereocenters. The molecule has 1 aliphatic heterocycles. The monoisotopic (exact) mass is 240 g/mol. The lowest BCUT2D eigenvalue weighted by Crippen LogP contribution is -2.70. The van der Waals surface area contributed by atoms with Gasteiger partial charge in [-0.1, -0.05) is 20.3 Å². The summed E-state index contributed by atoms with van der Waals surface area (Å²) < 4.78 is 0. The minimum Gasteiger partial charge on any atom is -0.342 e. The number of nitrogens with one attached hydrogen (secondary N) is 1. The van der Waals surface area contributed by atoms with Gasteiger partial charge in [0.2, 0.25) is 11.8 Å². The molecule has 4 nitrogen and oxygen atoms in total. The molecule has 98 valence electrons. The lowest BCUT2D eigenvalue weighted by atomic mass is 9.88. The molecule has 0 spiro atoms. The third-order valence-electron chi connectivity index (χ3n) is 3.64. The van der Waals surface area contributed by atoms with Crippen LogP contribution in [0.2, 0.25) is 0 Å². The van der Waals surface area contributed by atoms with Gasteiger partial charge in [-0.25, -0.2) is 0 Å². The first-order valence-electron chi connectivity index (χ1n) is 6.52. The van der Waals surface area contributed by atoms with Gasteiger partial charge in [-0.15, -0.1) is 0 Å². The highest BCUT2D eigenvalue weighted by molar-refractivity contribution is 5.99. The van der Waals surface area contributed by atoms with E-state index in [1.54, 1.807) is 4.90 Å². The van der Waals surface area contributed by atoms with Crippen molar-refractivity contribution in [1.29, 1.82) is 0 Å². The highest BCUT2D eigenvalue weighted by Crippen LogP contribution is 2.28. The summed E-state index contributed by atoms with van der Waals surface area (Å²) in [5.41, 5.74) is -0.699. The van der Waals surface area contributed by atoms with E-state index in [-0.39, 0.29) is 23.9 Å². The van der Waals surface area contributed by atoms with Crippen LogP contribution in [-0.2, 0) is 9.59 Å². The third kappa shape index (κ3) is 2.31. The van der Waals surface area contributed by atoms with Crippen molar-refractivity contribution in [3.8, 4) is 0 Å². The van der Waals surface area contributed by atoms with Crippen LogP contribution in [0.5, 0.6) is 0 Å². The summed E-state index contributed by atoms with van der Waals surface area (Å²) >= 11 is 0. The van der Waals surface area contributed by atoms with Crippen molar-refractivity contribution in [2.75, 3.05) is 0 Å². The van der Waals surface area contributed by atoms with Crippen LogP contribution in [0.4, 0.5) is 0 Å². The Hall–Kier alpha value is -1.06. The number of amides is 2. The van der Waals surface area contributed by atoms with Gasteiger partial charge in [0.05, 0.1) is 0 Å². The third-order valence-corrected chi connectivity index (χ3v) is 3.64. The number of hydrogen-bond donors (Lipinski definition) is 1. The average molecular weight is 240 g/mol. The molecule has 1 saturated heterocycles. The van der Waals surface area contributed by atoms with Gasteiger partial charge in [-0.3, -0.25) is 9.59 Å². The first-order chi connectivity index (χ1) is 7.88. The second kappa shape index (κ2) is 5.07. The summed E-state index contributed by atoms with van der Waals surface area (Å²) in [6, 6.07) is -0.285. The number of rotatable bonds is 4. The Morgan fingerprint density at radius 3 is 2.35 bits per heavy atom. The summed E-state index contributed by atoms with van der Waals surface area (Å²) in [6.07, 6.45) is 2.25. The number of carbonyl (C=O) groups excluding carboxylic acids is 2. The summed E-state index contributed by atoms with van der Waals surface area (Å²) in [5, 5.41) is 2.86. The van der Waals surface area contributed by atoms with Crippen molar-refractivity contribution in [3.05, 3.63) is 0 Å². The van der Waals surface area contributed by atoms with E-state index in [2.05, 4.69) is 5.32 Å². The maximum atomic E-state index is 12.4. The normalized spacial score (nSPS) is 29.8. The van der Waals surface area contributed by atoms with E-state index in [1.165, 1.54) is 0 Å². The fraction of sp³-hybridized carbons (Fsp3) is 0.846. The first kappa shape index (κ1) is 14.0. The fourth-order valence-electron chi connectivity index (χ4n) is 2.54. The molecule has 1 N–H and O–H groups in total. The molecule has 0 saturated carbocycles. The van der Waals surface area contributed by atoms with Gasteiger partial charge in [0, 0.05) is 6.04 Å². The predicted octanol–water partition coefficient (Wildman–Crippen LogP) is 1.69. The van der Waals surface area contributed by atoms with Crippen molar-refractivity contribution >= 4 is 11.8 Å². The van der Waals surface area contributed by atoms with Crippen LogP contribution in [-0.4, -0.2) is 34.3 Å². The molecule has 0 aromatic carbocycles. The zero-order valence-electron chi connectivity index (χ0n) is 11.5. The number of piperazine rings is 1.